The minimum atomic E-state index is 0.0717. The SMILES string of the molecule is Cc1ccc(NC(=O)CC(C)C2CCNCC2)nc1. The molecule has 0 spiro atoms. The fourth-order valence-corrected chi connectivity index (χ4v) is 2.61. The summed E-state index contributed by atoms with van der Waals surface area (Å²) < 4.78 is 0. The number of aromatic nitrogens is 1. The maximum atomic E-state index is 12.0. The van der Waals surface area contributed by atoms with Gasteiger partial charge in [-0.05, 0) is 56.3 Å². The Morgan fingerprint density at radius 2 is 2.21 bits per heavy atom. The first-order valence-corrected chi connectivity index (χ1v) is 7.08. The summed E-state index contributed by atoms with van der Waals surface area (Å²) in [4.78, 5) is 16.2. The minimum Gasteiger partial charge on any atom is -0.317 e. The highest BCUT2D eigenvalue weighted by atomic mass is 16.1. The van der Waals surface area contributed by atoms with E-state index in [0.717, 1.165) is 18.7 Å². The van der Waals surface area contributed by atoms with Crippen LogP contribution in [0, 0.1) is 18.8 Å². The molecule has 1 aliphatic rings. The van der Waals surface area contributed by atoms with Crippen molar-refractivity contribution in [2.24, 2.45) is 11.8 Å². The lowest BCUT2D eigenvalue weighted by Crippen LogP contribution is -2.32. The molecule has 0 saturated carbocycles. The molecule has 1 amide bonds. The summed E-state index contributed by atoms with van der Waals surface area (Å²) in [6.45, 7) is 6.32. The maximum absolute atomic E-state index is 12.0. The van der Waals surface area contributed by atoms with Crippen molar-refractivity contribution in [3.05, 3.63) is 23.9 Å². The molecule has 4 heteroatoms. The number of carbonyl (C=O) groups is 1. The molecule has 1 aromatic rings. The fourth-order valence-electron chi connectivity index (χ4n) is 2.61. The van der Waals surface area contributed by atoms with Gasteiger partial charge in [0.05, 0.1) is 0 Å². The molecule has 2 N–H and O–H groups in total. The van der Waals surface area contributed by atoms with E-state index in [2.05, 4.69) is 22.5 Å². The largest absolute Gasteiger partial charge is 0.317 e. The second-order valence-corrected chi connectivity index (χ2v) is 5.54. The summed E-state index contributed by atoms with van der Waals surface area (Å²) in [5, 5.41) is 6.23. The van der Waals surface area contributed by atoms with Gasteiger partial charge in [-0.1, -0.05) is 13.0 Å². The van der Waals surface area contributed by atoms with Crippen molar-refractivity contribution in [2.75, 3.05) is 18.4 Å². The normalized spacial score (nSPS) is 18.0. The van der Waals surface area contributed by atoms with E-state index < -0.39 is 0 Å². The highest BCUT2D eigenvalue weighted by molar-refractivity contribution is 5.89. The zero-order valence-electron chi connectivity index (χ0n) is 11.8. The number of nitrogens with one attached hydrogen (secondary N) is 2. The van der Waals surface area contributed by atoms with Crippen LogP contribution in [0.25, 0.3) is 0 Å². The van der Waals surface area contributed by atoms with E-state index in [-0.39, 0.29) is 5.91 Å². The number of aryl methyl sites for hydroxylation is 1. The van der Waals surface area contributed by atoms with Crippen LogP contribution in [-0.2, 0) is 4.79 Å². The number of pyridine rings is 1. The molecule has 1 unspecified atom stereocenters. The molecule has 0 aliphatic carbocycles. The molecule has 1 saturated heterocycles. The second-order valence-electron chi connectivity index (χ2n) is 5.54. The number of anilines is 1. The summed E-state index contributed by atoms with van der Waals surface area (Å²) in [7, 11) is 0. The van der Waals surface area contributed by atoms with Crippen molar-refractivity contribution in [3.8, 4) is 0 Å². The van der Waals surface area contributed by atoms with Gasteiger partial charge in [-0.3, -0.25) is 4.79 Å². The number of rotatable bonds is 4. The molecular formula is C15H23N3O. The third-order valence-electron chi connectivity index (χ3n) is 3.87. The van der Waals surface area contributed by atoms with Crippen molar-refractivity contribution in [3.63, 3.8) is 0 Å². The summed E-state index contributed by atoms with van der Waals surface area (Å²) >= 11 is 0. The lowest BCUT2D eigenvalue weighted by molar-refractivity contribution is -0.117. The number of hydrogen-bond acceptors (Lipinski definition) is 3. The minimum absolute atomic E-state index is 0.0717. The van der Waals surface area contributed by atoms with E-state index in [4.69, 9.17) is 0 Å². The zero-order valence-corrected chi connectivity index (χ0v) is 11.8. The van der Waals surface area contributed by atoms with Gasteiger partial charge < -0.3 is 10.6 Å². The van der Waals surface area contributed by atoms with Crippen LogP contribution in [0.15, 0.2) is 18.3 Å². The number of carbonyl (C=O) groups excluding carboxylic acids is 1. The Bertz CT molecular complexity index is 410. The van der Waals surface area contributed by atoms with E-state index in [9.17, 15) is 4.79 Å². The van der Waals surface area contributed by atoms with Crippen molar-refractivity contribution >= 4 is 11.7 Å². The van der Waals surface area contributed by atoms with Crippen LogP contribution >= 0.6 is 0 Å². The first-order chi connectivity index (χ1) is 9.15. The van der Waals surface area contributed by atoms with Gasteiger partial charge in [0.15, 0.2) is 0 Å². The van der Waals surface area contributed by atoms with E-state index in [1.54, 1.807) is 6.20 Å². The van der Waals surface area contributed by atoms with E-state index in [0.29, 0.717) is 24.1 Å². The van der Waals surface area contributed by atoms with Crippen LogP contribution in [-0.4, -0.2) is 24.0 Å². The lowest BCUT2D eigenvalue weighted by Gasteiger charge is -2.27. The predicted octanol–water partition coefficient (Wildman–Crippen LogP) is 2.35. The van der Waals surface area contributed by atoms with Gasteiger partial charge in [0.25, 0.3) is 0 Å². The molecule has 1 aromatic heterocycles. The third kappa shape index (κ3) is 4.31. The van der Waals surface area contributed by atoms with Gasteiger partial charge in [-0.15, -0.1) is 0 Å². The molecular weight excluding hydrogens is 238 g/mol. The van der Waals surface area contributed by atoms with Crippen LogP contribution in [0.5, 0.6) is 0 Å². The summed E-state index contributed by atoms with van der Waals surface area (Å²) in [6, 6.07) is 3.81. The second kappa shape index (κ2) is 6.66. The molecule has 2 rings (SSSR count). The Morgan fingerprint density at radius 3 is 2.84 bits per heavy atom. The number of hydrogen-bond donors (Lipinski definition) is 2. The van der Waals surface area contributed by atoms with Crippen LogP contribution in [0.1, 0.15) is 31.7 Å². The van der Waals surface area contributed by atoms with E-state index in [1.807, 2.05) is 19.1 Å². The fraction of sp³-hybridized carbons (Fsp3) is 0.600. The molecule has 2 heterocycles. The lowest BCUT2D eigenvalue weighted by atomic mass is 9.84. The van der Waals surface area contributed by atoms with E-state index >= 15 is 0 Å². The van der Waals surface area contributed by atoms with Crippen LogP contribution in [0.3, 0.4) is 0 Å². The maximum Gasteiger partial charge on any atom is 0.225 e. The third-order valence-corrected chi connectivity index (χ3v) is 3.87. The topological polar surface area (TPSA) is 54.0 Å². The zero-order chi connectivity index (χ0) is 13.7. The number of nitrogens with zero attached hydrogens (tertiary/aromatic N) is 1. The summed E-state index contributed by atoms with van der Waals surface area (Å²) in [6.07, 6.45) is 4.71. The molecule has 1 aliphatic heterocycles. The average molecular weight is 261 g/mol. The average Bonchev–Trinajstić information content (AvgIpc) is 2.42. The van der Waals surface area contributed by atoms with Crippen LogP contribution in [0.2, 0.25) is 0 Å². The standard InChI is InChI=1S/C15H23N3O/c1-11-3-4-14(17-10-11)18-15(19)9-12(2)13-5-7-16-8-6-13/h3-4,10,12-13,16H,5-9H2,1-2H3,(H,17,18,19). The van der Waals surface area contributed by atoms with Crippen molar-refractivity contribution in [1.29, 1.82) is 0 Å². The molecule has 4 nitrogen and oxygen atoms in total. The Balaban J connectivity index is 1.81. The van der Waals surface area contributed by atoms with Crippen molar-refractivity contribution in [1.82, 2.24) is 10.3 Å². The Hall–Kier alpha value is -1.42. The summed E-state index contributed by atoms with van der Waals surface area (Å²) in [5.41, 5.74) is 1.10. The van der Waals surface area contributed by atoms with Gasteiger partial charge in [-0.25, -0.2) is 4.98 Å². The number of amides is 1. The Morgan fingerprint density at radius 1 is 1.47 bits per heavy atom. The van der Waals surface area contributed by atoms with Gasteiger partial charge in [0, 0.05) is 12.6 Å². The quantitative estimate of drug-likeness (QED) is 0.874. The van der Waals surface area contributed by atoms with Gasteiger partial charge in [-0.2, -0.15) is 0 Å². The first kappa shape index (κ1) is 14.0. The van der Waals surface area contributed by atoms with Gasteiger partial charge >= 0.3 is 0 Å². The summed E-state index contributed by atoms with van der Waals surface area (Å²) in [5.74, 6) is 1.82. The molecule has 0 aromatic carbocycles. The van der Waals surface area contributed by atoms with Crippen LogP contribution in [0.4, 0.5) is 5.82 Å². The van der Waals surface area contributed by atoms with Gasteiger partial charge in [0.1, 0.15) is 5.82 Å². The monoisotopic (exact) mass is 261 g/mol. The van der Waals surface area contributed by atoms with Crippen molar-refractivity contribution in [2.45, 2.75) is 33.1 Å². The molecule has 1 fully saturated rings. The Kier molecular flexibility index (Phi) is 4.91. The predicted molar refractivity (Wildman–Crippen MR) is 77.0 cm³/mol. The van der Waals surface area contributed by atoms with Crippen molar-refractivity contribution < 1.29 is 4.79 Å². The Labute approximate surface area is 115 Å². The number of piperidine rings is 1. The molecule has 104 valence electrons. The highest BCUT2D eigenvalue weighted by Gasteiger charge is 2.22. The smallest absolute Gasteiger partial charge is 0.225 e. The van der Waals surface area contributed by atoms with Crippen LogP contribution < -0.4 is 10.6 Å². The molecule has 19 heavy (non-hydrogen) atoms. The first-order valence-electron chi connectivity index (χ1n) is 7.08. The highest BCUT2D eigenvalue weighted by Crippen LogP contribution is 2.24. The molecule has 0 radical (unpaired) electrons. The van der Waals surface area contributed by atoms with Gasteiger partial charge in [0.2, 0.25) is 5.91 Å². The van der Waals surface area contributed by atoms with E-state index in [1.165, 1.54) is 12.8 Å². The molecule has 0 bridgehead atoms. The molecule has 1 atom stereocenters.